The Labute approximate surface area is 123 Å². The second-order valence-electron chi connectivity index (χ2n) is 5.36. The van der Waals surface area contributed by atoms with Gasteiger partial charge in [0.2, 0.25) is 5.91 Å². The van der Waals surface area contributed by atoms with Crippen LogP contribution in [0.3, 0.4) is 0 Å². The van der Waals surface area contributed by atoms with Crippen LogP contribution in [0.2, 0.25) is 0 Å². The first kappa shape index (κ1) is 15.5. The summed E-state index contributed by atoms with van der Waals surface area (Å²) in [4.78, 5) is 37.7. The first-order chi connectivity index (χ1) is 10.0. The highest BCUT2D eigenvalue weighted by Crippen LogP contribution is 2.10. The molecule has 2 heterocycles. The molecule has 0 bridgehead atoms. The van der Waals surface area contributed by atoms with E-state index in [1.807, 2.05) is 11.8 Å². The van der Waals surface area contributed by atoms with Crippen molar-refractivity contribution in [2.75, 3.05) is 19.6 Å². The second-order valence-corrected chi connectivity index (χ2v) is 5.36. The molecule has 1 aliphatic rings. The van der Waals surface area contributed by atoms with E-state index in [1.54, 1.807) is 0 Å². The average Bonchev–Trinajstić information content (AvgIpc) is 2.99. The zero-order valence-electron chi connectivity index (χ0n) is 12.5. The molecule has 1 atom stereocenters. The predicted octanol–water partition coefficient (Wildman–Crippen LogP) is -0.852. The summed E-state index contributed by atoms with van der Waals surface area (Å²) >= 11 is 0. The Bertz CT molecular complexity index is 613. The summed E-state index contributed by atoms with van der Waals surface area (Å²) in [7, 11) is 1.41. The van der Waals surface area contributed by atoms with Crippen LogP contribution in [-0.4, -0.2) is 45.6 Å². The van der Waals surface area contributed by atoms with Crippen molar-refractivity contribution in [2.45, 2.75) is 32.4 Å². The Morgan fingerprint density at radius 3 is 2.86 bits per heavy atom. The Kier molecular flexibility index (Phi) is 4.95. The van der Waals surface area contributed by atoms with Crippen LogP contribution < -0.4 is 16.6 Å². The van der Waals surface area contributed by atoms with Gasteiger partial charge in [0.15, 0.2) is 0 Å². The van der Waals surface area contributed by atoms with E-state index in [2.05, 4.69) is 5.32 Å². The summed E-state index contributed by atoms with van der Waals surface area (Å²) in [6.45, 7) is 4.40. The van der Waals surface area contributed by atoms with Crippen molar-refractivity contribution >= 4 is 5.91 Å². The minimum Gasteiger partial charge on any atom is -0.337 e. The third-order valence-corrected chi connectivity index (χ3v) is 3.83. The normalized spacial score (nSPS) is 17.9. The van der Waals surface area contributed by atoms with E-state index < -0.39 is 5.69 Å². The van der Waals surface area contributed by atoms with Crippen LogP contribution in [0.15, 0.2) is 21.9 Å². The maximum Gasteiger partial charge on any atom is 0.331 e. The molecule has 0 aliphatic carbocycles. The maximum atomic E-state index is 12.5. The van der Waals surface area contributed by atoms with Gasteiger partial charge in [0.05, 0.1) is 0 Å². The third-order valence-electron chi connectivity index (χ3n) is 3.83. The van der Waals surface area contributed by atoms with Crippen LogP contribution in [0.4, 0.5) is 0 Å². The molecule has 2 rings (SSSR count). The van der Waals surface area contributed by atoms with E-state index in [1.165, 1.54) is 23.9 Å². The number of amides is 1. The highest BCUT2D eigenvalue weighted by Gasteiger charge is 2.26. The largest absolute Gasteiger partial charge is 0.337 e. The van der Waals surface area contributed by atoms with Gasteiger partial charge in [-0.25, -0.2) is 4.79 Å². The summed E-state index contributed by atoms with van der Waals surface area (Å²) in [6, 6.07) is 1.50. The molecule has 1 aliphatic heterocycles. The van der Waals surface area contributed by atoms with Crippen LogP contribution in [0.5, 0.6) is 0 Å². The third kappa shape index (κ3) is 3.41. The first-order valence-corrected chi connectivity index (χ1v) is 7.31. The SMILES string of the molecule is CCCN(C(=O)Cn1ccc(=O)n(C)c1=O)C1CCNC1. The molecule has 1 saturated heterocycles. The van der Waals surface area contributed by atoms with Crippen molar-refractivity contribution in [3.8, 4) is 0 Å². The number of carbonyl (C=O) groups is 1. The van der Waals surface area contributed by atoms with Gasteiger partial charge in [-0.1, -0.05) is 6.92 Å². The minimum atomic E-state index is -0.461. The van der Waals surface area contributed by atoms with Crippen LogP contribution in [0.1, 0.15) is 19.8 Å². The molecule has 7 heteroatoms. The van der Waals surface area contributed by atoms with Crippen LogP contribution in [-0.2, 0) is 18.4 Å². The molecule has 1 aromatic heterocycles. The monoisotopic (exact) mass is 294 g/mol. The van der Waals surface area contributed by atoms with Gasteiger partial charge >= 0.3 is 5.69 Å². The zero-order chi connectivity index (χ0) is 15.4. The van der Waals surface area contributed by atoms with Crippen LogP contribution in [0, 0.1) is 0 Å². The van der Waals surface area contributed by atoms with Gasteiger partial charge in [-0.2, -0.15) is 0 Å². The number of nitrogens with zero attached hydrogens (tertiary/aromatic N) is 3. The Morgan fingerprint density at radius 2 is 2.24 bits per heavy atom. The van der Waals surface area contributed by atoms with Crippen molar-refractivity contribution in [3.63, 3.8) is 0 Å². The minimum absolute atomic E-state index is 0.0244. The van der Waals surface area contributed by atoms with Crippen molar-refractivity contribution < 1.29 is 4.79 Å². The number of aromatic nitrogens is 2. The molecule has 1 amide bonds. The smallest absolute Gasteiger partial charge is 0.331 e. The number of rotatable bonds is 5. The molecule has 7 nitrogen and oxygen atoms in total. The van der Waals surface area contributed by atoms with Crippen molar-refractivity contribution in [3.05, 3.63) is 33.1 Å². The Morgan fingerprint density at radius 1 is 1.48 bits per heavy atom. The number of hydrogen-bond acceptors (Lipinski definition) is 4. The van der Waals surface area contributed by atoms with Crippen molar-refractivity contribution in [1.82, 2.24) is 19.4 Å². The van der Waals surface area contributed by atoms with E-state index in [0.717, 1.165) is 30.5 Å². The fourth-order valence-electron chi connectivity index (χ4n) is 2.63. The van der Waals surface area contributed by atoms with Crippen molar-refractivity contribution in [1.29, 1.82) is 0 Å². The average molecular weight is 294 g/mol. The molecule has 1 unspecified atom stereocenters. The van der Waals surface area contributed by atoms with Gasteiger partial charge in [0.25, 0.3) is 5.56 Å². The van der Waals surface area contributed by atoms with E-state index >= 15 is 0 Å². The van der Waals surface area contributed by atoms with E-state index in [0.29, 0.717) is 6.54 Å². The van der Waals surface area contributed by atoms with Gasteiger partial charge in [-0.05, 0) is 19.4 Å². The van der Waals surface area contributed by atoms with Gasteiger partial charge in [-0.3, -0.25) is 18.7 Å². The lowest BCUT2D eigenvalue weighted by atomic mass is 10.2. The molecule has 0 radical (unpaired) electrons. The molecule has 0 saturated carbocycles. The molecule has 1 N–H and O–H groups in total. The van der Waals surface area contributed by atoms with E-state index in [4.69, 9.17) is 0 Å². The summed E-state index contributed by atoms with van der Waals surface area (Å²) in [5, 5.41) is 3.25. The van der Waals surface area contributed by atoms with Gasteiger partial charge in [-0.15, -0.1) is 0 Å². The highest BCUT2D eigenvalue weighted by atomic mass is 16.2. The Balaban J connectivity index is 2.17. The quantitative estimate of drug-likeness (QED) is 0.767. The van der Waals surface area contributed by atoms with Gasteiger partial charge in [0, 0.05) is 38.4 Å². The number of carbonyl (C=O) groups excluding carboxylic acids is 1. The van der Waals surface area contributed by atoms with Gasteiger partial charge in [0.1, 0.15) is 6.54 Å². The fraction of sp³-hybridized carbons (Fsp3) is 0.643. The van der Waals surface area contributed by atoms with Crippen LogP contribution in [0.25, 0.3) is 0 Å². The van der Waals surface area contributed by atoms with Crippen LogP contribution >= 0.6 is 0 Å². The standard InChI is InChI=1S/C14H22N4O3/c1-3-7-18(11-4-6-15-9-11)13(20)10-17-8-5-12(19)16(2)14(17)21/h5,8,11,15H,3-4,6-7,9-10H2,1-2H3. The van der Waals surface area contributed by atoms with E-state index in [-0.39, 0.29) is 24.1 Å². The second kappa shape index (κ2) is 6.71. The molecular formula is C14H22N4O3. The Hall–Kier alpha value is -1.89. The summed E-state index contributed by atoms with van der Waals surface area (Å²) < 4.78 is 2.29. The predicted molar refractivity (Wildman–Crippen MR) is 79.2 cm³/mol. The topological polar surface area (TPSA) is 76.3 Å². The molecule has 0 spiro atoms. The number of nitrogens with one attached hydrogen (secondary N) is 1. The zero-order valence-corrected chi connectivity index (χ0v) is 12.5. The fourth-order valence-corrected chi connectivity index (χ4v) is 2.63. The van der Waals surface area contributed by atoms with Crippen molar-refractivity contribution in [2.24, 2.45) is 7.05 Å². The molecule has 1 aromatic rings. The number of hydrogen-bond donors (Lipinski definition) is 1. The summed E-state index contributed by atoms with van der Waals surface area (Å²) in [5.41, 5.74) is -0.828. The van der Waals surface area contributed by atoms with E-state index in [9.17, 15) is 14.4 Å². The molecule has 0 aromatic carbocycles. The maximum absolute atomic E-state index is 12.5. The summed E-state index contributed by atoms with van der Waals surface area (Å²) in [6.07, 6.45) is 3.21. The van der Waals surface area contributed by atoms with Gasteiger partial charge < -0.3 is 10.2 Å². The molecule has 21 heavy (non-hydrogen) atoms. The lowest BCUT2D eigenvalue weighted by molar-refractivity contribution is -0.134. The molecule has 1 fully saturated rings. The first-order valence-electron chi connectivity index (χ1n) is 7.31. The summed E-state index contributed by atoms with van der Waals surface area (Å²) in [5.74, 6) is -0.0775. The molecular weight excluding hydrogens is 272 g/mol. The molecule has 116 valence electrons. The lowest BCUT2D eigenvalue weighted by Crippen LogP contribution is -2.46. The highest BCUT2D eigenvalue weighted by molar-refractivity contribution is 5.76. The lowest BCUT2D eigenvalue weighted by Gasteiger charge is -2.28.